The second kappa shape index (κ2) is 14.5. The third-order valence-corrected chi connectivity index (χ3v) is 7.88. The molecule has 8 heteroatoms. The first-order valence-electron chi connectivity index (χ1n) is 13.6. The molecule has 0 saturated heterocycles. The average Bonchev–Trinajstić information content (AvgIpc) is 3.33. The van der Waals surface area contributed by atoms with Crippen molar-refractivity contribution in [3.05, 3.63) is 112 Å². The fourth-order valence-corrected chi connectivity index (χ4v) is 5.41. The van der Waals surface area contributed by atoms with E-state index in [-0.39, 0.29) is 18.4 Å². The molecule has 2 aromatic carbocycles. The first-order chi connectivity index (χ1) is 19.9. The van der Waals surface area contributed by atoms with E-state index in [0.717, 1.165) is 37.8 Å². The Morgan fingerprint density at radius 3 is 2.37 bits per heavy atom. The lowest BCUT2D eigenvalue weighted by Crippen LogP contribution is -2.51. The fourth-order valence-electron chi connectivity index (χ4n) is 4.58. The van der Waals surface area contributed by atoms with Crippen LogP contribution in [0.1, 0.15) is 26.7 Å². The number of carbonyl (C=O) groups excluding carboxylic acids is 2. The largest absolute Gasteiger partial charge is 0.383 e. The molecule has 2 aromatic heterocycles. The molecule has 1 atom stereocenters. The SMILES string of the molecule is COCCN(C)C(=O)[C@H](Cc1ccccc1)N(Cc1ccc(-c2cccnc2)cc1)C(=O)/C=C/c1sc(C)nc1C. The minimum Gasteiger partial charge on any atom is -0.383 e. The second-order valence-electron chi connectivity index (χ2n) is 9.88. The monoisotopic (exact) mass is 568 g/mol. The van der Waals surface area contributed by atoms with Crippen molar-refractivity contribution in [1.29, 1.82) is 0 Å². The van der Waals surface area contributed by atoms with Crippen LogP contribution in [0.25, 0.3) is 17.2 Å². The Morgan fingerprint density at radius 1 is 0.976 bits per heavy atom. The number of methoxy groups -OCH3 is 1. The van der Waals surface area contributed by atoms with Crippen molar-refractivity contribution in [2.24, 2.45) is 0 Å². The maximum Gasteiger partial charge on any atom is 0.247 e. The van der Waals surface area contributed by atoms with E-state index in [0.29, 0.717) is 19.6 Å². The summed E-state index contributed by atoms with van der Waals surface area (Å²) >= 11 is 1.54. The molecule has 0 radical (unpaired) electrons. The number of carbonyl (C=O) groups is 2. The third-order valence-electron chi connectivity index (χ3n) is 6.84. The number of nitrogens with zero attached hydrogens (tertiary/aromatic N) is 4. The number of pyridine rings is 1. The molecule has 4 aromatic rings. The Hall–Kier alpha value is -4.14. The smallest absolute Gasteiger partial charge is 0.247 e. The highest BCUT2D eigenvalue weighted by atomic mass is 32.1. The highest BCUT2D eigenvalue weighted by Crippen LogP contribution is 2.23. The predicted molar refractivity (Wildman–Crippen MR) is 164 cm³/mol. The van der Waals surface area contributed by atoms with E-state index >= 15 is 0 Å². The molecule has 0 saturated carbocycles. The molecule has 2 amide bonds. The van der Waals surface area contributed by atoms with Crippen molar-refractivity contribution >= 4 is 29.2 Å². The molecule has 7 nitrogen and oxygen atoms in total. The van der Waals surface area contributed by atoms with Crippen molar-refractivity contribution in [2.75, 3.05) is 27.3 Å². The lowest BCUT2D eigenvalue weighted by molar-refractivity contribution is -0.143. The zero-order valence-corrected chi connectivity index (χ0v) is 24.8. The number of likely N-dealkylation sites (N-methyl/N-ethyl adjacent to an activating group) is 1. The van der Waals surface area contributed by atoms with Gasteiger partial charge in [0.15, 0.2) is 0 Å². The van der Waals surface area contributed by atoms with Crippen molar-refractivity contribution in [3.8, 4) is 11.1 Å². The van der Waals surface area contributed by atoms with Gasteiger partial charge in [0, 0.05) is 52.1 Å². The number of hydrogen-bond acceptors (Lipinski definition) is 6. The Balaban J connectivity index is 1.69. The van der Waals surface area contributed by atoms with Crippen LogP contribution >= 0.6 is 11.3 Å². The number of hydrogen-bond donors (Lipinski definition) is 0. The quantitative estimate of drug-likeness (QED) is 0.209. The van der Waals surface area contributed by atoms with E-state index in [1.165, 1.54) is 0 Å². The van der Waals surface area contributed by atoms with Crippen LogP contribution in [-0.4, -0.2) is 64.9 Å². The molecule has 0 aliphatic heterocycles. The van der Waals surface area contributed by atoms with Gasteiger partial charge >= 0.3 is 0 Å². The molecule has 2 heterocycles. The lowest BCUT2D eigenvalue weighted by Gasteiger charge is -2.33. The fraction of sp³-hybridized carbons (Fsp3) is 0.273. The van der Waals surface area contributed by atoms with Crippen LogP contribution in [0.5, 0.6) is 0 Å². The maximum atomic E-state index is 13.9. The summed E-state index contributed by atoms with van der Waals surface area (Å²) in [6.45, 7) is 4.99. The number of aryl methyl sites for hydroxylation is 2. The summed E-state index contributed by atoms with van der Waals surface area (Å²) in [5, 5.41) is 0.942. The Kier molecular flexibility index (Phi) is 10.5. The summed E-state index contributed by atoms with van der Waals surface area (Å²) in [4.78, 5) is 40.8. The van der Waals surface area contributed by atoms with Crippen LogP contribution in [0.4, 0.5) is 0 Å². The zero-order valence-electron chi connectivity index (χ0n) is 24.0. The second-order valence-corrected chi connectivity index (χ2v) is 11.1. The predicted octanol–water partition coefficient (Wildman–Crippen LogP) is 5.58. The molecular formula is C33H36N4O3S. The number of rotatable bonds is 12. The number of ether oxygens (including phenoxy) is 1. The molecule has 0 bridgehead atoms. The molecule has 0 aliphatic carbocycles. The summed E-state index contributed by atoms with van der Waals surface area (Å²) < 4.78 is 5.22. The molecule has 0 spiro atoms. The molecule has 212 valence electrons. The average molecular weight is 569 g/mol. The van der Waals surface area contributed by atoms with Gasteiger partial charge in [-0.15, -0.1) is 11.3 Å². The van der Waals surface area contributed by atoms with E-state index in [1.807, 2.05) is 86.8 Å². The molecule has 0 N–H and O–H groups in total. The van der Waals surface area contributed by atoms with E-state index in [4.69, 9.17) is 4.74 Å². The van der Waals surface area contributed by atoms with Gasteiger partial charge in [-0.25, -0.2) is 4.98 Å². The van der Waals surface area contributed by atoms with Crippen molar-refractivity contribution in [2.45, 2.75) is 32.9 Å². The zero-order chi connectivity index (χ0) is 29.2. The first-order valence-corrected chi connectivity index (χ1v) is 14.4. The minimum atomic E-state index is -0.710. The van der Waals surface area contributed by atoms with Gasteiger partial charge in [-0.05, 0) is 48.2 Å². The van der Waals surface area contributed by atoms with E-state index < -0.39 is 6.04 Å². The van der Waals surface area contributed by atoms with Crippen molar-refractivity contribution in [3.63, 3.8) is 0 Å². The molecule has 0 unspecified atom stereocenters. The van der Waals surface area contributed by atoms with Crippen LogP contribution in [0, 0.1) is 13.8 Å². The van der Waals surface area contributed by atoms with Crippen LogP contribution in [0.15, 0.2) is 85.2 Å². The molecule has 0 fully saturated rings. The molecule has 0 aliphatic rings. The topological polar surface area (TPSA) is 75.6 Å². The Labute approximate surface area is 246 Å². The number of thiazole rings is 1. The maximum absolute atomic E-state index is 13.9. The van der Waals surface area contributed by atoms with Crippen LogP contribution in [0.2, 0.25) is 0 Å². The molecule has 4 rings (SSSR count). The first kappa shape index (κ1) is 29.8. The van der Waals surface area contributed by atoms with Gasteiger partial charge in [-0.3, -0.25) is 14.6 Å². The van der Waals surface area contributed by atoms with Gasteiger partial charge in [-0.1, -0.05) is 60.7 Å². The summed E-state index contributed by atoms with van der Waals surface area (Å²) in [6.07, 6.45) is 7.33. The van der Waals surface area contributed by atoms with Crippen LogP contribution in [-0.2, 0) is 27.3 Å². The summed E-state index contributed by atoms with van der Waals surface area (Å²) in [5.74, 6) is -0.370. The molecular weight excluding hydrogens is 532 g/mol. The lowest BCUT2D eigenvalue weighted by atomic mass is 10.0. The third kappa shape index (κ3) is 8.19. The summed E-state index contributed by atoms with van der Waals surface area (Å²) in [5.41, 5.74) is 4.84. The van der Waals surface area contributed by atoms with E-state index in [2.05, 4.69) is 9.97 Å². The molecule has 41 heavy (non-hydrogen) atoms. The highest BCUT2D eigenvalue weighted by molar-refractivity contribution is 7.12. The number of amides is 2. The van der Waals surface area contributed by atoms with Gasteiger partial charge in [0.25, 0.3) is 0 Å². The minimum absolute atomic E-state index is 0.135. The van der Waals surface area contributed by atoms with Gasteiger partial charge in [0.05, 0.1) is 22.2 Å². The Bertz CT molecular complexity index is 1450. The number of aromatic nitrogens is 2. The van der Waals surface area contributed by atoms with Crippen molar-refractivity contribution in [1.82, 2.24) is 19.8 Å². The summed E-state index contributed by atoms with van der Waals surface area (Å²) in [6, 6.07) is 21.1. The standard InChI is InChI=1S/C33H36N4O3S/c1-24-31(41-25(2)35-24)16-17-32(38)37(23-27-12-14-28(15-13-27)29-11-8-18-34-22-29)30(21-26-9-6-5-7-10-26)33(39)36(3)19-20-40-4/h5-18,22,30H,19-21,23H2,1-4H3/b17-16+/t30-/m0/s1. The van der Waals surface area contributed by atoms with Gasteiger partial charge in [0.1, 0.15) is 6.04 Å². The highest BCUT2D eigenvalue weighted by Gasteiger charge is 2.31. The van der Waals surface area contributed by atoms with Gasteiger partial charge in [-0.2, -0.15) is 0 Å². The van der Waals surface area contributed by atoms with Crippen LogP contribution < -0.4 is 0 Å². The van der Waals surface area contributed by atoms with E-state index in [9.17, 15) is 9.59 Å². The van der Waals surface area contributed by atoms with Crippen LogP contribution in [0.3, 0.4) is 0 Å². The van der Waals surface area contributed by atoms with Gasteiger partial charge in [0.2, 0.25) is 11.8 Å². The van der Waals surface area contributed by atoms with Gasteiger partial charge < -0.3 is 14.5 Å². The van der Waals surface area contributed by atoms with E-state index in [1.54, 1.807) is 53.6 Å². The Morgan fingerprint density at radius 2 is 1.73 bits per heavy atom. The normalized spacial score (nSPS) is 11.9. The van der Waals surface area contributed by atoms with Crippen molar-refractivity contribution < 1.29 is 14.3 Å². The summed E-state index contributed by atoms with van der Waals surface area (Å²) in [7, 11) is 3.36. The number of benzene rings is 2.